The second-order valence-corrected chi connectivity index (χ2v) is 8.03. The van der Waals surface area contributed by atoms with Crippen molar-refractivity contribution in [1.82, 2.24) is 0 Å². The number of nitrogens with zero attached hydrogens (tertiary/aromatic N) is 6. The van der Waals surface area contributed by atoms with E-state index in [1.165, 1.54) is 19.3 Å². The van der Waals surface area contributed by atoms with Gasteiger partial charge in [0.05, 0.1) is 0 Å². The normalized spacial score (nSPS) is 22.3. The van der Waals surface area contributed by atoms with Gasteiger partial charge in [-0.05, 0) is 54.4 Å². The first-order valence-electron chi connectivity index (χ1n) is 10.9. The molecule has 3 rings (SSSR count). The maximum Gasteiger partial charge on any atom is 3.00 e. The van der Waals surface area contributed by atoms with Crippen molar-refractivity contribution in [3.8, 4) is 0 Å². The maximum absolute atomic E-state index is 10.6. The molecular formula is C18H33CeN6O6. The summed E-state index contributed by atoms with van der Waals surface area (Å²) < 4.78 is 0. The zero-order valence-electron chi connectivity index (χ0n) is 18.0. The molecule has 0 saturated heterocycles. The Kier molecular flexibility index (Phi) is 17.9. The Balaban J connectivity index is 0.000000429. The van der Waals surface area contributed by atoms with Gasteiger partial charge in [0.2, 0.25) is 0 Å². The molecule has 0 atom stereocenters. The number of hydrogen-bond acceptors (Lipinski definition) is 9. The summed E-state index contributed by atoms with van der Waals surface area (Å²) in [6.07, 6.45) is 14.8. The Hall–Kier alpha value is -1.02. The van der Waals surface area contributed by atoms with Crippen molar-refractivity contribution >= 4 is 0 Å². The third-order valence-electron chi connectivity index (χ3n) is 5.90. The van der Waals surface area contributed by atoms with Gasteiger partial charge >= 0.3 is 41.7 Å². The van der Waals surface area contributed by atoms with Crippen LogP contribution in [0, 0.1) is 73.0 Å². The summed E-state index contributed by atoms with van der Waals surface area (Å²) in [6.45, 7) is 0. The van der Waals surface area contributed by atoms with Crippen molar-refractivity contribution < 1.29 is 56.3 Å². The third-order valence-corrected chi connectivity index (χ3v) is 5.90. The van der Waals surface area contributed by atoms with E-state index in [0.29, 0.717) is 14.6 Å². The largest absolute Gasteiger partial charge is 3.00 e. The molecule has 0 unspecified atom stereocenters. The fraction of sp³-hybridized carbons (Fsp3) is 1.00. The van der Waals surface area contributed by atoms with Crippen molar-refractivity contribution in [2.75, 3.05) is 0 Å². The van der Waals surface area contributed by atoms with E-state index in [4.69, 9.17) is 0 Å². The van der Waals surface area contributed by atoms with Crippen LogP contribution in [-0.2, 0) is 0 Å². The fourth-order valence-corrected chi connectivity index (χ4v) is 4.11. The van der Waals surface area contributed by atoms with E-state index in [-0.39, 0.29) is 59.9 Å². The molecule has 0 heterocycles. The Labute approximate surface area is 216 Å². The average Bonchev–Trinajstić information content (AvgIpc) is 2.85. The fourth-order valence-electron chi connectivity index (χ4n) is 4.11. The SMILES string of the molecule is [Ce+3].[O-]/N=[N+](/[O-])C1CCCCC1.[O-]/N=[N+](/[O-])C1CCCCC1.[O-]/N=[N+](/[O-])C1CCCCC1. The standard InChI is InChI=1S/3C6H12N2O2.Ce/c3*9-7-8(10)6-4-2-1-3-5-6;/h3*6,9H,1-5H2;/q;;;+3/p-3/b3*8-7+;. The van der Waals surface area contributed by atoms with E-state index in [1.54, 1.807) is 0 Å². The van der Waals surface area contributed by atoms with Crippen LogP contribution in [0.2, 0.25) is 0 Å². The average molecular weight is 570 g/mol. The molecule has 0 aromatic rings. The molecule has 0 N–H and O–H groups in total. The van der Waals surface area contributed by atoms with Crippen LogP contribution in [-0.4, -0.2) is 32.7 Å². The molecule has 3 aliphatic rings. The predicted molar refractivity (Wildman–Crippen MR) is 109 cm³/mol. The van der Waals surface area contributed by atoms with Gasteiger partial charge in [0.1, 0.15) is 0 Å². The molecule has 31 heavy (non-hydrogen) atoms. The van der Waals surface area contributed by atoms with Crippen LogP contribution in [0.15, 0.2) is 15.8 Å². The zero-order valence-corrected chi connectivity index (χ0v) is 21.1. The number of hydrogen-bond donors (Lipinski definition) is 0. The molecular weight excluding hydrogens is 536 g/mol. The molecule has 13 heteroatoms. The van der Waals surface area contributed by atoms with Crippen LogP contribution in [0.1, 0.15) is 96.3 Å². The molecule has 12 nitrogen and oxygen atoms in total. The van der Waals surface area contributed by atoms with Crippen molar-refractivity contribution in [3.63, 3.8) is 0 Å². The van der Waals surface area contributed by atoms with Gasteiger partial charge in [0, 0.05) is 38.5 Å². The maximum atomic E-state index is 10.6. The molecule has 0 amide bonds. The zero-order chi connectivity index (χ0) is 22.2. The van der Waals surface area contributed by atoms with Crippen molar-refractivity contribution in [2.24, 2.45) is 15.8 Å². The Morgan fingerprint density at radius 2 is 0.613 bits per heavy atom. The van der Waals surface area contributed by atoms with Crippen LogP contribution >= 0.6 is 0 Å². The Bertz CT molecular complexity index is 472. The summed E-state index contributed by atoms with van der Waals surface area (Å²) in [4.78, 5) is 0.914. The van der Waals surface area contributed by atoms with Gasteiger partial charge < -0.3 is 31.2 Å². The van der Waals surface area contributed by atoms with E-state index in [1.807, 2.05) is 0 Å². The number of rotatable bonds is 3. The summed E-state index contributed by atoms with van der Waals surface area (Å²) in [7, 11) is 0. The molecule has 0 spiro atoms. The van der Waals surface area contributed by atoms with Gasteiger partial charge in [-0.2, -0.15) is 0 Å². The summed E-state index contributed by atoms with van der Waals surface area (Å²) in [5, 5.41) is 68.1. The van der Waals surface area contributed by atoms with E-state index in [2.05, 4.69) is 15.8 Å². The van der Waals surface area contributed by atoms with Gasteiger partial charge in [0.15, 0.2) is 18.1 Å². The topological polar surface area (TPSA) is 184 Å². The summed E-state index contributed by atoms with van der Waals surface area (Å²) in [5.41, 5.74) is 0. The molecule has 0 bridgehead atoms. The molecule has 0 aromatic heterocycles. The summed E-state index contributed by atoms with van der Waals surface area (Å²) in [5.74, 6) is 0. The predicted octanol–water partition coefficient (Wildman–Crippen LogP) is 5.34. The van der Waals surface area contributed by atoms with Gasteiger partial charge in [-0.3, -0.25) is 0 Å². The smallest absolute Gasteiger partial charge is 0.739 e. The van der Waals surface area contributed by atoms with E-state index < -0.39 is 0 Å². The first-order chi connectivity index (χ1) is 14.5. The van der Waals surface area contributed by atoms with Crippen LogP contribution in [0.4, 0.5) is 0 Å². The molecule has 3 saturated carbocycles. The van der Waals surface area contributed by atoms with E-state index >= 15 is 0 Å². The van der Waals surface area contributed by atoms with E-state index in [0.717, 1.165) is 77.0 Å². The monoisotopic (exact) mass is 569 g/mol. The summed E-state index contributed by atoms with van der Waals surface area (Å²) in [6, 6.07) is -0.399. The van der Waals surface area contributed by atoms with Gasteiger partial charge in [0.25, 0.3) is 0 Å². The minimum absolute atomic E-state index is 0. The molecule has 175 valence electrons. The van der Waals surface area contributed by atoms with Crippen molar-refractivity contribution in [1.29, 1.82) is 0 Å². The second-order valence-electron chi connectivity index (χ2n) is 8.03. The first-order valence-corrected chi connectivity index (χ1v) is 10.9. The van der Waals surface area contributed by atoms with Crippen LogP contribution < -0.4 is 0 Å². The quantitative estimate of drug-likeness (QED) is 0.251. The third kappa shape index (κ3) is 12.6. The molecule has 3 fully saturated rings. The number of hydroxylamine groups is 3. The van der Waals surface area contributed by atoms with Crippen LogP contribution in [0.5, 0.6) is 0 Å². The van der Waals surface area contributed by atoms with Crippen molar-refractivity contribution in [3.05, 3.63) is 31.2 Å². The Morgan fingerprint density at radius 3 is 0.774 bits per heavy atom. The van der Waals surface area contributed by atoms with E-state index in [9.17, 15) is 31.2 Å². The Morgan fingerprint density at radius 1 is 0.419 bits per heavy atom. The van der Waals surface area contributed by atoms with Crippen LogP contribution in [0.3, 0.4) is 0 Å². The van der Waals surface area contributed by atoms with Gasteiger partial charge in [-0.1, -0.05) is 33.8 Å². The molecule has 0 aromatic carbocycles. The van der Waals surface area contributed by atoms with Gasteiger partial charge in [-0.25, -0.2) is 0 Å². The minimum Gasteiger partial charge on any atom is -0.739 e. The second kappa shape index (κ2) is 18.5. The van der Waals surface area contributed by atoms with Crippen LogP contribution in [0.25, 0.3) is 0 Å². The molecule has 0 aliphatic heterocycles. The van der Waals surface area contributed by atoms with Crippen molar-refractivity contribution in [2.45, 2.75) is 114 Å². The molecule has 1 radical (unpaired) electrons. The minimum atomic E-state index is -0.133. The first kappa shape index (κ1) is 30.0. The molecule has 3 aliphatic carbocycles. The van der Waals surface area contributed by atoms with Gasteiger partial charge in [-0.15, -0.1) is 0 Å². The summed E-state index contributed by atoms with van der Waals surface area (Å²) >= 11 is 0.